The Kier molecular flexibility index (Phi) is 3.74. The Labute approximate surface area is 122 Å². The molecule has 100 valence electrons. The van der Waals surface area contributed by atoms with Gasteiger partial charge in [0, 0.05) is 35.6 Å². The molecule has 0 fully saturated rings. The maximum Gasteiger partial charge on any atom is 0.0901 e. The highest BCUT2D eigenvalue weighted by atomic mass is 32.1. The fraction of sp³-hybridized carbons (Fsp3) is 0.125. The number of nitrogens with one attached hydrogen (secondary N) is 1. The Balaban J connectivity index is 1.67. The molecule has 3 nitrogen and oxygen atoms in total. The minimum absolute atomic E-state index is 0.803. The summed E-state index contributed by atoms with van der Waals surface area (Å²) in [5, 5.41) is 6.59. The average Bonchev–Trinajstić information content (AvgIpc) is 2.93. The first-order valence-corrected chi connectivity index (χ1v) is 7.34. The SMILES string of the molecule is Cc1nc(-c2ccc(NCc3ccncc3)cc2)cs1. The predicted molar refractivity (Wildman–Crippen MR) is 83.9 cm³/mol. The molecule has 0 spiro atoms. The summed E-state index contributed by atoms with van der Waals surface area (Å²) in [7, 11) is 0. The fourth-order valence-electron chi connectivity index (χ4n) is 1.96. The summed E-state index contributed by atoms with van der Waals surface area (Å²) >= 11 is 1.68. The number of rotatable bonds is 4. The number of benzene rings is 1. The molecule has 0 unspecified atom stereocenters. The summed E-state index contributed by atoms with van der Waals surface area (Å²) in [6, 6.07) is 12.4. The van der Waals surface area contributed by atoms with Crippen molar-refractivity contribution in [3.8, 4) is 11.3 Å². The highest BCUT2D eigenvalue weighted by molar-refractivity contribution is 7.09. The van der Waals surface area contributed by atoms with Gasteiger partial charge < -0.3 is 5.32 Å². The Morgan fingerprint density at radius 2 is 1.80 bits per heavy atom. The second kappa shape index (κ2) is 5.84. The van der Waals surface area contributed by atoms with E-state index in [1.807, 2.05) is 31.5 Å². The third kappa shape index (κ3) is 3.03. The normalized spacial score (nSPS) is 10.4. The van der Waals surface area contributed by atoms with Gasteiger partial charge in [-0.3, -0.25) is 4.98 Å². The molecule has 1 N–H and O–H groups in total. The Morgan fingerprint density at radius 1 is 1.05 bits per heavy atom. The zero-order chi connectivity index (χ0) is 13.8. The molecule has 3 rings (SSSR count). The first-order chi connectivity index (χ1) is 9.81. The lowest BCUT2D eigenvalue weighted by Crippen LogP contribution is -1.98. The Hall–Kier alpha value is -2.20. The number of aryl methyl sites for hydroxylation is 1. The van der Waals surface area contributed by atoms with Gasteiger partial charge in [-0.25, -0.2) is 4.98 Å². The molecule has 2 heterocycles. The molecule has 0 saturated heterocycles. The molecule has 0 aliphatic heterocycles. The average molecular weight is 281 g/mol. The third-order valence-electron chi connectivity index (χ3n) is 3.05. The minimum atomic E-state index is 0.803. The number of hydrogen-bond donors (Lipinski definition) is 1. The monoisotopic (exact) mass is 281 g/mol. The number of hydrogen-bond acceptors (Lipinski definition) is 4. The molecular weight excluding hydrogens is 266 g/mol. The second-order valence-electron chi connectivity index (χ2n) is 4.54. The van der Waals surface area contributed by atoms with Crippen LogP contribution in [0.25, 0.3) is 11.3 Å². The number of nitrogens with zero attached hydrogens (tertiary/aromatic N) is 2. The van der Waals surface area contributed by atoms with E-state index in [0.717, 1.165) is 28.5 Å². The summed E-state index contributed by atoms with van der Waals surface area (Å²) in [4.78, 5) is 8.51. The van der Waals surface area contributed by atoms with E-state index in [2.05, 4.69) is 44.9 Å². The van der Waals surface area contributed by atoms with E-state index in [4.69, 9.17) is 0 Å². The van der Waals surface area contributed by atoms with Crippen LogP contribution in [0.5, 0.6) is 0 Å². The van der Waals surface area contributed by atoms with E-state index in [1.54, 1.807) is 11.3 Å². The van der Waals surface area contributed by atoms with Crippen molar-refractivity contribution in [2.24, 2.45) is 0 Å². The van der Waals surface area contributed by atoms with E-state index in [9.17, 15) is 0 Å². The van der Waals surface area contributed by atoms with Gasteiger partial charge in [0.15, 0.2) is 0 Å². The number of thiazole rings is 1. The van der Waals surface area contributed by atoms with Crippen LogP contribution in [0.3, 0.4) is 0 Å². The molecule has 2 aromatic heterocycles. The van der Waals surface area contributed by atoms with Crippen molar-refractivity contribution >= 4 is 17.0 Å². The van der Waals surface area contributed by atoms with Gasteiger partial charge in [-0.05, 0) is 36.8 Å². The first-order valence-electron chi connectivity index (χ1n) is 6.46. The van der Waals surface area contributed by atoms with Crippen molar-refractivity contribution < 1.29 is 0 Å². The largest absolute Gasteiger partial charge is 0.381 e. The Morgan fingerprint density at radius 3 is 2.45 bits per heavy atom. The van der Waals surface area contributed by atoms with Crippen LogP contribution in [0, 0.1) is 6.92 Å². The van der Waals surface area contributed by atoms with E-state index in [0.29, 0.717) is 0 Å². The molecular formula is C16H15N3S. The maximum atomic E-state index is 4.50. The number of aromatic nitrogens is 2. The van der Waals surface area contributed by atoms with Crippen LogP contribution in [-0.4, -0.2) is 9.97 Å². The lowest BCUT2D eigenvalue weighted by molar-refractivity contribution is 1.13. The smallest absolute Gasteiger partial charge is 0.0901 e. The molecule has 0 amide bonds. The van der Waals surface area contributed by atoms with E-state index in [-0.39, 0.29) is 0 Å². The van der Waals surface area contributed by atoms with E-state index < -0.39 is 0 Å². The van der Waals surface area contributed by atoms with Gasteiger partial charge in [-0.1, -0.05) is 12.1 Å². The molecule has 0 atom stereocenters. The van der Waals surface area contributed by atoms with Gasteiger partial charge in [0.25, 0.3) is 0 Å². The van der Waals surface area contributed by atoms with Crippen LogP contribution < -0.4 is 5.32 Å². The zero-order valence-corrected chi connectivity index (χ0v) is 12.0. The zero-order valence-electron chi connectivity index (χ0n) is 11.2. The van der Waals surface area contributed by atoms with Gasteiger partial charge in [-0.15, -0.1) is 11.3 Å². The van der Waals surface area contributed by atoms with E-state index >= 15 is 0 Å². The second-order valence-corrected chi connectivity index (χ2v) is 5.60. The summed E-state index contributed by atoms with van der Waals surface area (Å²) < 4.78 is 0. The van der Waals surface area contributed by atoms with E-state index in [1.165, 1.54) is 5.56 Å². The lowest BCUT2D eigenvalue weighted by atomic mass is 10.1. The molecule has 20 heavy (non-hydrogen) atoms. The fourth-order valence-corrected chi connectivity index (χ4v) is 2.58. The molecule has 0 bridgehead atoms. The molecule has 0 saturated carbocycles. The predicted octanol–water partition coefficient (Wildman–Crippen LogP) is 4.13. The standard InChI is InChI=1S/C16H15N3S/c1-12-19-16(11-20-12)14-2-4-15(5-3-14)18-10-13-6-8-17-9-7-13/h2-9,11,18H,10H2,1H3. The van der Waals surface area contributed by atoms with Crippen molar-refractivity contribution in [3.05, 3.63) is 64.7 Å². The number of anilines is 1. The van der Waals surface area contributed by atoms with Gasteiger partial charge >= 0.3 is 0 Å². The van der Waals surface area contributed by atoms with Crippen molar-refractivity contribution in [2.75, 3.05) is 5.32 Å². The first kappa shape index (κ1) is 12.8. The lowest BCUT2D eigenvalue weighted by Gasteiger charge is -2.07. The highest BCUT2D eigenvalue weighted by Crippen LogP contribution is 2.23. The molecule has 0 aliphatic rings. The topological polar surface area (TPSA) is 37.8 Å². The molecule has 0 radical (unpaired) electrons. The van der Waals surface area contributed by atoms with Crippen molar-refractivity contribution in [2.45, 2.75) is 13.5 Å². The van der Waals surface area contributed by atoms with Crippen LogP contribution in [0.4, 0.5) is 5.69 Å². The van der Waals surface area contributed by atoms with Gasteiger partial charge in [0.05, 0.1) is 10.7 Å². The van der Waals surface area contributed by atoms with Crippen molar-refractivity contribution in [1.29, 1.82) is 0 Å². The third-order valence-corrected chi connectivity index (χ3v) is 3.82. The van der Waals surface area contributed by atoms with Crippen LogP contribution in [-0.2, 0) is 6.54 Å². The van der Waals surface area contributed by atoms with Crippen molar-refractivity contribution in [3.63, 3.8) is 0 Å². The summed E-state index contributed by atoms with van der Waals surface area (Å²) in [6.07, 6.45) is 3.62. The van der Waals surface area contributed by atoms with Crippen molar-refractivity contribution in [1.82, 2.24) is 9.97 Å². The summed E-state index contributed by atoms with van der Waals surface area (Å²) in [5.74, 6) is 0. The molecule has 4 heteroatoms. The molecule has 0 aliphatic carbocycles. The van der Waals surface area contributed by atoms with Crippen LogP contribution in [0.15, 0.2) is 54.2 Å². The van der Waals surface area contributed by atoms with Gasteiger partial charge in [-0.2, -0.15) is 0 Å². The van der Waals surface area contributed by atoms with Crippen LogP contribution >= 0.6 is 11.3 Å². The number of pyridine rings is 1. The molecule has 1 aromatic carbocycles. The quantitative estimate of drug-likeness (QED) is 0.781. The Bertz CT molecular complexity index is 674. The van der Waals surface area contributed by atoms with Crippen LogP contribution in [0.2, 0.25) is 0 Å². The van der Waals surface area contributed by atoms with Gasteiger partial charge in [0.2, 0.25) is 0 Å². The van der Waals surface area contributed by atoms with Crippen LogP contribution in [0.1, 0.15) is 10.6 Å². The minimum Gasteiger partial charge on any atom is -0.381 e. The maximum absolute atomic E-state index is 4.50. The molecule has 3 aromatic rings. The summed E-state index contributed by atoms with van der Waals surface area (Å²) in [6.45, 7) is 2.83. The summed E-state index contributed by atoms with van der Waals surface area (Å²) in [5.41, 5.74) is 4.54. The van der Waals surface area contributed by atoms with Gasteiger partial charge in [0.1, 0.15) is 0 Å². The highest BCUT2D eigenvalue weighted by Gasteiger charge is 2.02.